The number of carbonyl (C=O) groups is 1. The highest BCUT2D eigenvalue weighted by Crippen LogP contribution is 2.14. The maximum Gasteiger partial charge on any atom is 0.361 e. The summed E-state index contributed by atoms with van der Waals surface area (Å²) in [6.07, 6.45) is 17.1. The molecule has 0 saturated heterocycles. The maximum atomic E-state index is 11.8. The van der Waals surface area contributed by atoms with E-state index < -0.39 is 0 Å². The third kappa shape index (κ3) is 11.4. The van der Waals surface area contributed by atoms with Gasteiger partial charge in [0.2, 0.25) is 0 Å². The molecule has 0 aliphatic rings. The highest BCUT2D eigenvalue weighted by Gasteiger charge is 2.28. The van der Waals surface area contributed by atoms with Crippen molar-refractivity contribution in [3.63, 3.8) is 0 Å². The zero-order chi connectivity index (χ0) is 18.1. The van der Waals surface area contributed by atoms with Crippen LogP contribution in [0.5, 0.6) is 0 Å². The molecule has 0 fully saturated rings. The second-order valence-corrected chi connectivity index (χ2v) is 6.92. The van der Waals surface area contributed by atoms with Crippen molar-refractivity contribution in [3.05, 3.63) is 25.3 Å². The van der Waals surface area contributed by atoms with Crippen molar-refractivity contribution in [1.82, 2.24) is 0 Å². The zero-order valence-corrected chi connectivity index (χ0v) is 16.2. The molecule has 0 aliphatic carbocycles. The van der Waals surface area contributed by atoms with Gasteiger partial charge in [-0.15, -0.1) is 0 Å². The van der Waals surface area contributed by atoms with Crippen LogP contribution >= 0.6 is 0 Å². The van der Waals surface area contributed by atoms with E-state index in [2.05, 4.69) is 20.1 Å². The quantitative estimate of drug-likeness (QED) is 0.156. The number of esters is 1. The number of nitrogens with zero attached hydrogens (tertiary/aromatic N) is 1. The summed E-state index contributed by atoms with van der Waals surface area (Å²) >= 11 is 0. The van der Waals surface area contributed by atoms with Crippen LogP contribution in [0.1, 0.15) is 71.1 Å². The Morgan fingerprint density at radius 1 is 0.875 bits per heavy atom. The molecule has 0 atom stereocenters. The fourth-order valence-corrected chi connectivity index (χ4v) is 3.29. The predicted octanol–water partition coefficient (Wildman–Crippen LogP) is 5.27. The first-order valence-corrected chi connectivity index (χ1v) is 9.78. The van der Waals surface area contributed by atoms with Gasteiger partial charge in [-0.3, -0.25) is 0 Å². The molecule has 0 amide bonds. The molecule has 0 bridgehead atoms. The number of carbonyl (C=O) groups excluding carboxylic acids is 1. The zero-order valence-electron chi connectivity index (χ0n) is 16.2. The lowest BCUT2D eigenvalue weighted by Crippen LogP contribution is -2.52. The van der Waals surface area contributed by atoms with Gasteiger partial charge in [-0.2, -0.15) is 0 Å². The molecule has 0 aromatic carbocycles. The van der Waals surface area contributed by atoms with E-state index in [1.54, 1.807) is 0 Å². The largest absolute Gasteiger partial charge is 0.465 e. The molecular formula is C21H40NO2+. The van der Waals surface area contributed by atoms with Crippen LogP contribution in [-0.4, -0.2) is 43.7 Å². The van der Waals surface area contributed by atoms with Gasteiger partial charge in [0.15, 0.2) is 6.54 Å². The standard InChI is InChI=1S/C21H40NO2/c1-5-8-9-10-11-12-13-14-15-16-19-22(17-6-2,18-7-3)20-21(23)24-4/h6-7H,2-3,5,8-20H2,1,4H3/q+1. The fourth-order valence-electron chi connectivity index (χ4n) is 3.29. The first kappa shape index (κ1) is 22.9. The molecule has 0 heterocycles. The minimum Gasteiger partial charge on any atom is -0.465 e. The van der Waals surface area contributed by atoms with Crippen LogP contribution < -0.4 is 0 Å². The molecule has 0 spiro atoms. The summed E-state index contributed by atoms with van der Waals surface area (Å²) in [5.74, 6) is -0.147. The first-order chi connectivity index (χ1) is 11.6. The molecule has 3 heteroatoms. The van der Waals surface area contributed by atoms with Crippen LogP contribution in [0.25, 0.3) is 0 Å². The molecule has 0 radical (unpaired) electrons. The van der Waals surface area contributed by atoms with Crippen LogP contribution in [-0.2, 0) is 9.53 Å². The van der Waals surface area contributed by atoms with Crippen molar-refractivity contribution < 1.29 is 14.0 Å². The van der Waals surface area contributed by atoms with E-state index in [1.807, 2.05) is 12.2 Å². The minimum atomic E-state index is -0.147. The lowest BCUT2D eigenvalue weighted by Gasteiger charge is -2.36. The molecule has 3 nitrogen and oxygen atoms in total. The van der Waals surface area contributed by atoms with Crippen molar-refractivity contribution in [1.29, 1.82) is 0 Å². The number of hydrogen-bond acceptors (Lipinski definition) is 2. The van der Waals surface area contributed by atoms with Crippen molar-refractivity contribution in [3.8, 4) is 0 Å². The Balaban J connectivity index is 4.02. The second-order valence-electron chi connectivity index (χ2n) is 6.92. The molecule has 140 valence electrons. The normalized spacial score (nSPS) is 11.2. The van der Waals surface area contributed by atoms with Crippen LogP contribution in [0.2, 0.25) is 0 Å². The van der Waals surface area contributed by atoms with Gasteiger partial charge in [0.25, 0.3) is 0 Å². The third-order valence-electron chi connectivity index (χ3n) is 4.71. The molecule has 0 aliphatic heterocycles. The monoisotopic (exact) mass is 338 g/mol. The molecule has 0 saturated carbocycles. The molecule has 24 heavy (non-hydrogen) atoms. The summed E-state index contributed by atoms with van der Waals surface area (Å²) in [5, 5.41) is 0. The highest BCUT2D eigenvalue weighted by atomic mass is 16.5. The van der Waals surface area contributed by atoms with Crippen LogP contribution in [0.4, 0.5) is 0 Å². The summed E-state index contributed by atoms with van der Waals surface area (Å²) in [6, 6.07) is 0. The first-order valence-electron chi connectivity index (χ1n) is 9.78. The second kappa shape index (κ2) is 15.4. The number of unbranched alkanes of at least 4 members (excludes halogenated alkanes) is 9. The number of hydrogen-bond donors (Lipinski definition) is 0. The van der Waals surface area contributed by atoms with Gasteiger partial charge >= 0.3 is 5.97 Å². The Labute approximate surface area is 150 Å². The van der Waals surface area contributed by atoms with Crippen LogP contribution in [0.15, 0.2) is 25.3 Å². The summed E-state index contributed by atoms with van der Waals surface area (Å²) in [6.45, 7) is 13.0. The SMILES string of the molecule is C=CC[N+](CC=C)(CCCCCCCCCCCC)CC(=O)OC. The number of ether oxygens (including phenoxy) is 1. The van der Waals surface area contributed by atoms with Crippen molar-refractivity contribution in [2.24, 2.45) is 0 Å². The van der Waals surface area contributed by atoms with Gasteiger partial charge in [0, 0.05) is 0 Å². The Hall–Kier alpha value is -1.09. The van der Waals surface area contributed by atoms with Gasteiger partial charge in [0.05, 0.1) is 26.7 Å². The van der Waals surface area contributed by atoms with Gasteiger partial charge in [-0.1, -0.05) is 71.4 Å². The van der Waals surface area contributed by atoms with Crippen molar-refractivity contribution in [2.45, 2.75) is 71.1 Å². The minimum absolute atomic E-state index is 0.147. The summed E-state index contributed by atoms with van der Waals surface area (Å²) in [4.78, 5) is 11.8. The van der Waals surface area contributed by atoms with E-state index in [0.29, 0.717) is 11.0 Å². The summed E-state index contributed by atoms with van der Waals surface area (Å²) in [5.41, 5.74) is 0. The van der Waals surface area contributed by atoms with E-state index in [4.69, 9.17) is 4.74 Å². The Morgan fingerprint density at radius 3 is 1.75 bits per heavy atom. The fraction of sp³-hybridized carbons (Fsp3) is 0.762. The van der Waals surface area contributed by atoms with Crippen LogP contribution in [0, 0.1) is 0 Å². The van der Waals surface area contributed by atoms with E-state index in [9.17, 15) is 4.79 Å². The molecule has 0 unspecified atom stereocenters. The topological polar surface area (TPSA) is 26.3 Å². The molecule has 0 aromatic rings. The van der Waals surface area contributed by atoms with E-state index in [1.165, 1.54) is 64.9 Å². The lowest BCUT2D eigenvalue weighted by atomic mass is 10.1. The van der Waals surface area contributed by atoms with Gasteiger partial charge < -0.3 is 9.22 Å². The van der Waals surface area contributed by atoms with Gasteiger partial charge in [-0.05, 0) is 25.0 Å². The number of methoxy groups -OCH3 is 1. The summed E-state index contributed by atoms with van der Waals surface area (Å²) in [7, 11) is 1.46. The Bertz CT molecular complexity index is 329. The predicted molar refractivity (Wildman–Crippen MR) is 104 cm³/mol. The van der Waals surface area contributed by atoms with E-state index in [0.717, 1.165) is 26.1 Å². The lowest BCUT2D eigenvalue weighted by molar-refractivity contribution is -0.910. The average molecular weight is 339 g/mol. The molecule has 0 aromatic heterocycles. The van der Waals surface area contributed by atoms with Crippen LogP contribution in [0.3, 0.4) is 0 Å². The maximum absolute atomic E-state index is 11.8. The highest BCUT2D eigenvalue weighted by molar-refractivity contribution is 5.70. The van der Waals surface area contributed by atoms with Crippen molar-refractivity contribution >= 4 is 5.97 Å². The molecular weight excluding hydrogens is 298 g/mol. The molecule has 0 rings (SSSR count). The van der Waals surface area contributed by atoms with E-state index in [-0.39, 0.29) is 5.97 Å². The number of rotatable bonds is 17. The van der Waals surface area contributed by atoms with Gasteiger partial charge in [-0.25, -0.2) is 4.79 Å². The van der Waals surface area contributed by atoms with Crippen molar-refractivity contribution in [2.75, 3.05) is 33.3 Å². The average Bonchev–Trinajstić information content (AvgIpc) is 2.57. The van der Waals surface area contributed by atoms with Gasteiger partial charge in [0.1, 0.15) is 0 Å². The molecule has 0 N–H and O–H groups in total. The third-order valence-corrected chi connectivity index (χ3v) is 4.71. The summed E-state index contributed by atoms with van der Waals surface area (Å²) < 4.78 is 5.57. The Morgan fingerprint density at radius 2 is 1.33 bits per heavy atom. The Kier molecular flexibility index (Phi) is 14.7. The van der Waals surface area contributed by atoms with E-state index >= 15 is 0 Å². The smallest absolute Gasteiger partial charge is 0.361 e. The number of quaternary nitrogens is 1.